The number of nitrogens with one attached hydrogen (secondary N) is 1. The van der Waals surface area contributed by atoms with E-state index in [0.29, 0.717) is 4.40 Å². The molecule has 3 aromatic rings. The summed E-state index contributed by atoms with van der Waals surface area (Å²) in [5, 5.41) is 2.22. The van der Waals surface area contributed by atoms with Gasteiger partial charge in [0.2, 0.25) is 0 Å². The monoisotopic (exact) mass is 449 g/mol. The number of hydrogen-bond acceptors (Lipinski definition) is 4. The third-order valence-electron chi connectivity index (χ3n) is 4.10. The Morgan fingerprint density at radius 2 is 2.00 bits per heavy atom. The molecule has 0 atom stereocenters. The van der Waals surface area contributed by atoms with Gasteiger partial charge in [-0.2, -0.15) is 13.2 Å². The number of carbonyl (C=O) groups excluding carboxylic acids is 1. The summed E-state index contributed by atoms with van der Waals surface area (Å²) in [6, 6.07) is 4.16. The van der Waals surface area contributed by atoms with Crippen LogP contribution in [-0.4, -0.2) is 21.8 Å². The molecule has 0 aliphatic heterocycles. The number of thiazole rings is 1. The van der Waals surface area contributed by atoms with Crippen LogP contribution in [0.4, 0.5) is 26.3 Å². The number of nitrogens with zero attached hydrogens (tertiary/aromatic N) is 2. The third kappa shape index (κ3) is 4.04. The van der Waals surface area contributed by atoms with E-state index in [1.807, 2.05) is 0 Å². The second kappa shape index (κ2) is 8.09. The summed E-state index contributed by atoms with van der Waals surface area (Å²) >= 11 is 0.0884. The number of fused-ring (bicyclic) bond motifs is 1. The van der Waals surface area contributed by atoms with E-state index in [4.69, 9.17) is 0 Å². The fourth-order valence-corrected chi connectivity index (χ4v) is 3.87. The summed E-state index contributed by atoms with van der Waals surface area (Å²) in [5.74, 6) is -2.27. The summed E-state index contributed by atoms with van der Waals surface area (Å²) in [6.45, 7) is 1.54. The Balaban J connectivity index is 2.14. The predicted molar refractivity (Wildman–Crippen MR) is 96.5 cm³/mol. The van der Waals surface area contributed by atoms with Gasteiger partial charge in [0, 0.05) is 19.0 Å². The van der Waals surface area contributed by atoms with Crippen LogP contribution in [0.15, 0.2) is 29.1 Å². The molecular formula is C18H13F6N3O2S. The van der Waals surface area contributed by atoms with Crippen LogP contribution in [-0.2, 0) is 12.6 Å². The van der Waals surface area contributed by atoms with Crippen LogP contribution < -0.4 is 10.9 Å². The summed E-state index contributed by atoms with van der Waals surface area (Å²) in [7, 11) is 0. The van der Waals surface area contributed by atoms with E-state index < -0.39 is 57.4 Å². The predicted octanol–water partition coefficient (Wildman–Crippen LogP) is 4.19. The first-order valence-corrected chi connectivity index (χ1v) is 9.32. The van der Waals surface area contributed by atoms with Gasteiger partial charge in [0.05, 0.1) is 11.3 Å². The second-order valence-electron chi connectivity index (χ2n) is 6.14. The first-order chi connectivity index (χ1) is 14.0. The van der Waals surface area contributed by atoms with Gasteiger partial charge in [-0.1, -0.05) is 29.5 Å². The Bertz CT molecular complexity index is 1170. The van der Waals surface area contributed by atoms with Crippen molar-refractivity contribution in [2.24, 2.45) is 0 Å². The van der Waals surface area contributed by atoms with Gasteiger partial charge in [-0.15, -0.1) is 0 Å². The van der Waals surface area contributed by atoms with E-state index in [1.165, 1.54) is 19.1 Å². The summed E-state index contributed by atoms with van der Waals surface area (Å²) in [4.78, 5) is 26.8. The van der Waals surface area contributed by atoms with Crippen LogP contribution >= 0.6 is 11.3 Å². The zero-order chi connectivity index (χ0) is 22.2. The Kier molecular flexibility index (Phi) is 5.88. The molecule has 2 heterocycles. The first-order valence-electron chi connectivity index (χ1n) is 8.50. The van der Waals surface area contributed by atoms with Crippen molar-refractivity contribution in [1.82, 2.24) is 14.7 Å². The number of aromatic nitrogens is 2. The molecule has 0 aliphatic carbocycles. The molecule has 2 aromatic heterocycles. The number of halogens is 6. The molecule has 30 heavy (non-hydrogen) atoms. The van der Waals surface area contributed by atoms with Crippen molar-refractivity contribution in [2.75, 3.05) is 6.54 Å². The van der Waals surface area contributed by atoms with E-state index in [0.717, 1.165) is 12.1 Å². The smallest absolute Gasteiger partial charge is 0.351 e. The molecule has 0 spiro atoms. The van der Waals surface area contributed by atoms with Gasteiger partial charge in [-0.05, 0) is 12.5 Å². The number of alkyl halides is 5. The minimum absolute atomic E-state index is 0.0352. The van der Waals surface area contributed by atoms with Crippen molar-refractivity contribution in [2.45, 2.75) is 25.9 Å². The lowest BCUT2D eigenvalue weighted by molar-refractivity contribution is -0.134. The summed E-state index contributed by atoms with van der Waals surface area (Å²) < 4.78 is 80.7. The van der Waals surface area contributed by atoms with Gasteiger partial charge in [0.25, 0.3) is 17.9 Å². The maximum atomic E-state index is 14.2. The third-order valence-corrected chi connectivity index (χ3v) is 5.18. The van der Waals surface area contributed by atoms with Crippen LogP contribution in [0, 0.1) is 5.82 Å². The van der Waals surface area contributed by atoms with E-state index in [1.54, 1.807) is 0 Å². The summed E-state index contributed by atoms with van der Waals surface area (Å²) in [5.41, 5.74) is -3.02. The highest BCUT2D eigenvalue weighted by Crippen LogP contribution is 2.37. The lowest BCUT2D eigenvalue weighted by Crippen LogP contribution is -2.29. The molecule has 0 saturated heterocycles. The fourth-order valence-electron chi connectivity index (χ4n) is 2.85. The molecule has 0 unspecified atom stereocenters. The largest absolute Gasteiger partial charge is 0.427 e. The fraction of sp³-hybridized carbons (Fsp3) is 0.278. The Morgan fingerprint density at radius 3 is 2.60 bits per heavy atom. The maximum Gasteiger partial charge on any atom is 0.427 e. The Labute approximate surface area is 169 Å². The van der Waals surface area contributed by atoms with Crippen molar-refractivity contribution >= 4 is 22.2 Å². The van der Waals surface area contributed by atoms with Gasteiger partial charge in [0.1, 0.15) is 16.4 Å². The number of benzene rings is 1. The van der Waals surface area contributed by atoms with Gasteiger partial charge >= 0.3 is 6.18 Å². The molecule has 0 radical (unpaired) electrons. The van der Waals surface area contributed by atoms with Gasteiger partial charge in [-0.25, -0.2) is 22.6 Å². The molecule has 0 fully saturated rings. The van der Waals surface area contributed by atoms with Crippen molar-refractivity contribution in [1.29, 1.82) is 0 Å². The van der Waals surface area contributed by atoms with Crippen LogP contribution in [0.25, 0.3) is 4.96 Å². The Hall–Kier alpha value is -2.89. The van der Waals surface area contributed by atoms with Crippen LogP contribution in [0.1, 0.15) is 45.5 Å². The lowest BCUT2D eigenvalue weighted by atomic mass is 10.1. The topological polar surface area (TPSA) is 63.5 Å². The zero-order valence-electron chi connectivity index (χ0n) is 15.2. The standard InChI is InChI=1S/C18H13F6N3O2S/c1-2-25-16(29)13-14(18(22,23)24)30-17-26-9(7-11(28)27(13)17)6-8-4-3-5-10(12(8)19)15(20)21/h3-5,7,15H,2,6H2,1H3,(H,25,29). The molecule has 0 saturated carbocycles. The normalized spacial score (nSPS) is 12.0. The molecule has 1 N–H and O–H groups in total. The average Bonchev–Trinajstić information content (AvgIpc) is 3.04. The molecule has 1 amide bonds. The highest BCUT2D eigenvalue weighted by Gasteiger charge is 2.40. The minimum atomic E-state index is -4.91. The molecule has 0 bridgehead atoms. The number of hydrogen-bond donors (Lipinski definition) is 1. The second-order valence-corrected chi connectivity index (χ2v) is 7.12. The van der Waals surface area contributed by atoms with E-state index >= 15 is 0 Å². The van der Waals surface area contributed by atoms with Crippen molar-refractivity contribution in [3.8, 4) is 0 Å². The van der Waals surface area contributed by atoms with E-state index in [-0.39, 0.29) is 29.1 Å². The highest BCUT2D eigenvalue weighted by molar-refractivity contribution is 7.17. The molecule has 5 nitrogen and oxygen atoms in total. The van der Waals surface area contributed by atoms with Crippen molar-refractivity contribution in [3.05, 3.63) is 67.8 Å². The van der Waals surface area contributed by atoms with Crippen LogP contribution in [0.3, 0.4) is 0 Å². The first kappa shape index (κ1) is 21.8. The van der Waals surface area contributed by atoms with Crippen molar-refractivity contribution in [3.63, 3.8) is 0 Å². The molecule has 12 heteroatoms. The van der Waals surface area contributed by atoms with Gasteiger partial charge in [0.15, 0.2) is 4.96 Å². The number of rotatable bonds is 5. The Morgan fingerprint density at radius 1 is 1.30 bits per heavy atom. The molecule has 0 aliphatic rings. The molecule has 160 valence electrons. The summed E-state index contributed by atoms with van der Waals surface area (Å²) in [6.07, 6.45) is -8.37. The molecule has 3 rings (SSSR count). The number of amides is 1. The van der Waals surface area contributed by atoms with Crippen LogP contribution in [0.5, 0.6) is 0 Å². The average molecular weight is 449 g/mol. The van der Waals surface area contributed by atoms with Crippen LogP contribution in [0.2, 0.25) is 0 Å². The highest BCUT2D eigenvalue weighted by atomic mass is 32.1. The maximum absolute atomic E-state index is 14.2. The van der Waals surface area contributed by atoms with Crippen molar-refractivity contribution < 1.29 is 31.1 Å². The molecular weight excluding hydrogens is 436 g/mol. The van der Waals surface area contributed by atoms with E-state index in [2.05, 4.69) is 10.3 Å². The lowest BCUT2D eigenvalue weighted by Gasteiger charge is -2.08. The van der Waals surface area contributed by atoms with Gasteiger partial charge in [-0.3, -0.25) is 9.59 Å². The molecule has 1 aromatic carbocycles. The van der Waals surface area contributed by atoms with E-state index in [9.17, 15) is 35.9 Å². The minimum Gasteiger partial charge on any atom is -0.351 e. The SMILES string of the molecule is CCNC(=O)c1c(C(F)(F)F)sc2nc(Cc3cccc(C(F)F)c3F)cc(=O)n12. The van der Waals surface area contributed by atoms with Gasteiger partial charge < -0.3 is 5.32 Å². The quantitative estimate of drug-likeness (QED) is 0.595. The number of carbonyl (C=O) groups is 1. The zero-order valence-corrected chi connectivity index (χ0v) is 16.0.